The van der Waals surface area contributed by atoms with E-state index in [-0.39, 0.29) is 12.2 Å². The van der Waals surface area contributed by atoms with Crippen molar-refractivity contribution in [2.45, 2.75) is 19.8 Å². The standard InChI is InChI=1S/C15H13Cl2NO/c1-2-11-4-3-7-18-15(11)14(19)9-10-5-6-12(16)13(17)8-10/h3-8H,2,9H2,1H3. The number of aryl methyl sites for hydroxylation is 1. The maximum atomic E-state index is 12.3. The predicted octanol–water partition coefficient (Wildman–Crippen LogP) is 4.38. The number of Topliss-reactive ketones (excluding diaryl/α,β-unsaturated/α-hetero) is 1. The molecule has 2 nitrogen and oxygen atoms in total. The molecule has 0 spiro atoms. The molecule has 0 unspecified atom stereocenters. The zero-order chi connectivity index (χ0) is 13.8. The molecule has 2 aromatic rings. The Labute approximate surface area is 122 Å². The van der Waals surface area contributed by atoms with Crippen LogP contribution in [0, 0.1) is 0 Å². The smallest absolute Gasteiger partial charge is 0.185 e. The summed E-state index contributed by atoms with van der Waals surface area (Å²) in [6.45, 7) is 2.01. The summed E-state index contributed by atoms with van der Waals surface area (Å²) in [6, 6.07) is 8.99. The average molecular weight is 294 g/mol. The fourth-order valence-corrected chi connectivity index (χ4v) is 2.21. The van der Waals surface area contributed by atoms with Crippen molar-refractivity contribution in [2.24, 2.45) is 0 Å². The van der Waals surface area contributed by atoms with Gasteiger partial charge in [0, 0.05) is 12.6 Å². The number of nitrogens with zero attached hydrogens (tertiary/aromatic N) is 1. The highest BCUT2D eigenvalue weighted by Gasteiger charge is 2.13. The number of benzene rings is 1. The Morgan fingerprint density at radius 1 is 1.21 bits per heavy atom. The van der Waals surface area contributed by atoms with Gasteiger partial charge in [-0.1, -0.05) is 42.3 Å². The van der Waals surface area contributed by atoms with Crippen LogP contribution < -0.4 is 0 Å². The number of ketones is 1. The van der Waals surface area contributed by atoms with E-state index in [9.17, 15) is 4.79 Å². The van der Waals surface area contributed by atoms with Crippen LogP contribution >= 0.6 is 23.2 Å². The Bertz CT molecular complexity index is 611. The van der Waals surface area contributed by atoms with Gasteiger partial charge in [-0.2, -0.15) is 0 Å². The van der Waals surface area contributed by atoms with Gasteiger partial charge < -0.3 is 0 Å². The lowest BCUT2D eigenvalue weighted by atomic mass is 10.0. The minimum Gasteiger partial charge on any atom is -0.292 e. The summed E-state index contributed by atoms with van der Waals surface area (Å²) < 4.78 is 0. The lowest BCUT2D eigenvalue weighted by Crippen LogP contribution is -2.09. The Kier molecular flexibility index (Phi) is 4.56. The lowest BCUT2D eigenvalue weighted by Gasteiger charge is -2.06. The van der Waals surface area contributed by atoms with Gasteiger partial charge >= 0.3 is 0 Å². The molecule has 1 aromatic heterocycles. The van der Waals surface area contributed by atoms with Gasteiger partial charge in [0.05, 0.1) is 10.0 Å². The van der Waals surface area contributed by atoms with Crippen LogP contribution in [0.5, 0.6) is 0 Å². The molecule has 0 atom stereocenters. The van der Waals surface area contributed by atoms with E-state index in [1.165, 1.54) is 0 Å². The fourth-order valence-electron chi connectivity index (χ4n) is 1.89. The summed E-state index contributed by atoms with van der Waals surface area (Å²) in [5.41, 5.74) is 2.34. The number of hydrogen-bond acceptors (Lipinski definition) is 2. The minimum absolute atomic E-state index is 0.00385. The maximum absolute atomic E-state index is 12.3. The van der Waals surface area contributed by atoms with E-state index in [1.54, 1.807) is 24.4 Å². The second-order valence-electron chi connectivity index (χ2n) is 4.21. The summed E-state index contributed by atoms with van der Waals surface area (Å²) in [5, 5.41) is 0.952. The number of hydrogen-bond donors (Lipinski definition) is 0. The molecule has 0 aliphatic heterocycles. The summed E-state index contributed by atoms with van der Waals surface area (Å²) in [4.78, 5) is 16.4. The van der Waals surface area contributed by atoms with E-state index in [4.69, 9.17) is 23.2 Å². The number of halogens is 2. The average Bonchev–Trinajstić information content (AvgIpc) is 2.43. The van der Waals surface area contributed by atoms with Crippen molar-refractivity contribution >= 4 is 29.0 Å². The van der Waals surface area contributed by atoms with Gasteiger partial charge in [-0.15, -0.1) is 0 Å². The number of carbonyl (C=O) groups excluding carboxylic acids is 1. The first kappa shape index (κ1) is 14.0. The molecule has 0 N–H and O–H groups in total. The molecule has 98 valence electrons. The number of pyridine rings is 1. The monoisotopic (exact) mass is 293 g/mol. The molecule has 0 aliphatic rings. The van der Waals surface area contributed by atoms with Gasteiger partial charge in [-0.25, -0.2) is 0 Å². The van der Waals surface area contributed by atoms with Gasteiger partial charge in [0.25, 0.3) is 0 Å². The first-order valence-corrected chi connectivity index (χ1v) is 6.78. The van der Waals surface area contributed by atoms with E-state index in [0.717, 1.165) is 17.5 Å². The maximum Gasteiger partial charge on any atom is 0.185 e. The van der Waals surface area contributed by atoms with Gasteiger partial charge in [-0.05, 0) is 35.7 Å². The summed E-state index contributed by atoms with van der Waals surface area (Å²) in [5.74, 6) is -0.00385. The first-order valence-electron chi connectivity index (χ1n) is 6.03. The second-order valence-corrected chi connectivity index (χ2v) is 5.03. The minimum atomic E-state index is -0.00385. The third-order valence-corrected chi connectivity index (χ3v) is 3.62. The van der Waals surface area contributed by atoms with Gasteiger partial charge in [-0.3, -0.25) is 9.78 Å². The van der Waals surface area contributed by atoms with Crippen molar-refractivity contribution in [2.75, 3.05) is 0 Å². The zero-order valence-electron chi connectivity index (χ0n) is 10.5. The van der Waals surface area contributed by atoms with Crippen molar-refractivity contribution in [1.29, 1.82) is 0 Å². The summed E-state index contributed by atoms with van der Waals surface area (Å²) in [6.07, 6.45) is 2.71. The Morgan fingerprint density at radius 3 is 2.68 bits per heavy atom. The van der Waals surface area contributed by atoms with Gasteiger partial charge in [0.15, 0.2) is 5.78 Å². The molecule has 0 saturated heterocycles. The highest BCUT2D eigenvalue weighted by Crippen LogP contribution is 2.23. The third-order valence-electron chi connectivity index (χ3n) is 2.88. The van der Waals surface area contributed by atoms with Crippen LogP contribution in [0.3, 0.4) is 0 Å². The fraction of sp³-hybridized carbons (Fsp3) is 0.200. The molecular weight excluding hydrogens is 281 g/mol. The largest absolute Gasteiger partial charge is 0.292 e. The van der Waals surface area contributed by atoms with Crippen LogP contribution in [-0.4, -0.2) is 10.8 Å². The van der Waals surface area contributed by atoms with Crippen LogP contribution in [0.15, 0.2) is 36.5 Å². The predicted molar refractivity (Wildman–Crippen MR) is 78.1 cm³/mol. The molecule has 1 heterocycles. The highest BCUT2D eigenvalue weighted by atomic mass is 35.5. The topological polar surface area (TPSA) is 30.0 Å². The van der Waals surface area contributed by atoms with Crippen molar-refractivity contribution in [3.05, 3.63) is 63.4 Å². The molecule has 0 amide bonds. The van der Waals surface area contributed by atoms with Crippen molar-refractivity contribution in [3.63, 3.8) is 0 Å². The Morgan fingerprint density at radius 2 is 2.00 bits per heavy atom. The normalized spacial score (nSPS) is 10.5. The van der Waals surface area contributed by atoms with Crippen LogP contribution in [-0.2, 0) is 12.8 Å². The van der Waals surface area contributed by atoms with Gasteiger partial charge in [0.1, 0.15) is 5.69 Å². The second kappa shape index (κ2) is 6.18. The molecule has 0 fully saturated rings. The molecule has 0 aliphatic carbocycles. The molecule has 4 heteroatoms. The molecule has 19 heavy (non-hydrogen) atoms. The highest BCUT2D eigenvalue weighted by molar-refractivity contribution is 6.42. The van der Waals surface area contributed by atoms with Crippen molar-refractivity contribution in [3.8, 4) is 0 Å². The zero-order valence-corrected chi connectivity index (χ0v) is 12.0. The quantitative estimate of drug-likeness (QED) is 0.783. The molecule has 2 rings (SSSR count). The van der Waals surface area contributed by atoms with E-state index in [2.05, 4.69) is 4.98 Å². The Balaban J connectivity index is 2.23. The van der Waals surface area contributed by atoms with E-state index in [1.807, 2.05) is 19.1 Å². The van der Waals surface area contributed by atoms with Crippen molar-refractivity contribution < 1.29 is 4.79 Å². The molecule has 0 bridgehead atoms. The molecule has 1 aromatic carbocycles. The van der Waals surface area contributed by atoms with Crippen LogP contribution in [0.1, 0.15) is 28.5 Å². The number of carbonyl (C=O) groups is 1. The number of rotatable bonds is 4. The molecule has 0 saturated carbocycles. The first-order chi connectivity index (χ1) is 9.11. The number of aromatic nitrogens is 1. The van der Waals surface area contributed by atoms with Gasteiger partial charge in [0.2, 0.25) is 0 Å². The third kappa shape index (κ3) is 3.34. The lowest BCUT2D eigenvalue weighted by molar-refractivity contribution is 0.0987. The molecule has 0 radical (unpaired) electrons. The van der Waals surface area contributed by atoms with Crippen LogP contribution in [0.25, 0.3) is 0 Å². The van der Waals surface area contributed by atoms with Crippen LogP contribution in [0.2, 0.25) is 10.0 Å². The van der Waals surface area contributed by atoms with E-state index >= 15 is 0 Å². The SMILES string of the molecule is CCc1cccnc1C(=O)Cc1ccc(Cl)c(Cl)c1. The summed E-state index contributed by atoms with van der Waals surface area (Å²) in [7, 11) is 0. The summed E-state index contributed by atoms with van der Waals surface area (Å²) >= 11 is 11.8. The Hall–Kier alpha value is -1.38. The van der Waals surface area contributed by atoms with E-state index in [0.29, 0.717) is 15.7 Å². The molecular formula is C15H13Cl2NO. The van der Waals surface area contributed by atoms with Crippen molar-refractivity contribution in [1.82, 2.24) is 4.98 Å². The van der Waals surface area contributed by atoms with E-state index < -0.39 is 0 Å². The van der Waals surface area contributed by atoms with Crippen LogP contribution in [0.4, 0.5) is 0 Å².